The van der Waals surface area contributed by atoms with Crippen molar-refractivity contribution in [3.63, 3.8) is 0 Å². The zero-order valence-corrected chi connectivity index (χ0v) is 44.9. The van der Waals surface area contributed by atoms with Crippen LogP contribution in [0, 0.1) is 11.8 Å². The van der Waals surface area contributed by atoms with Crippen molar-refractivity contribution in [3.05, 3.63) is 18.2 Å². The van der Waals surface area contributed by atoms with E-state index in [0.717, 1.165) is 4.90 Å². The summed E-state index contributed by atoms with van der Waals surface area (Å²) in [6.45, 7) is 8.92. The van der Waals surface area contributed by atoms with Crippen LogP contribution in [0.4, 0.5) is 0 Å². The minimum Gasteiger partial charge on any atom is -0.481 e. The third kappa shape index (κ3) is 20.5. The van der Waals surface area contributed by atoms with Crippen molar-refractivity contribution in [2.45, 2.75) is 172 Å². The molecule has 0 spiro atoms. The Bertz CT molecular complexity index is 2290. The molecule has 0 saturated carbocycles. The van der Waals surface area contributed by atoms with Crippen molar-refractivity contribution in [2.75, 3.05) is 26.2 Å². The van der Waals surface area contributed by atoms with E-state index in [-0.39, 0.29) is 88.8 Å². The van der Waals surface area contributed by atoms with Crippen LogP contribution in [0.15, 0.2) is 17.5 Å². The van der Waals surface area contributed by atoms with Crippen LogP contribution in [-0.4, -0.2) is 204 Å². The molecule has 0 radical (unpaired) electrons. The normalized spacial score (nSPS) is 18.7. The van der Waals surface area contributed by atoms with E-state index in [9.17, 15) is 73.2 Å². The Morgan fingerprint density at radius 1 is 0.705 bits per heavy atom. The molecule has 18 N–H and O–H groups in total. The Morgan fingerprint density at radius 2 is 1.27 bits per heavy atom. The first-order chi connectivity index (χ1) is 36.6. The first kappa shape index (κ1) is 64.8. The number of aliphatic carboxylic acids is 2. The number of nitrogens with one attached hydrogen (secondary N) is 8. The van der Waals surface area contributed by atoms with Crippen molar-refractivity contribution in [2.24, 2.45) is 34.0 Å². The van der Waals surface area contributed by atoms with Crippen molar-refractivity contribution < 1.29 is 73.2 Å². The van der Waals surface area contributed by atoms with E-state index < -0.39 is 145 Å². The zero-order chi connectivity index (χ0) is 58.6. The number of aliphatic hydroxyl groups is 2. The molecule has 3 rings (SSSR count). The van der Waals surface area contributed by atoms with Gasteiger partial charge in [0.2, 0.25) is 53.2 Å². The van der Waals surface area contributed by atoms with Gasteiger partial charge in [0.05, 0.1) is 37.5 Å². The first-order valence-corrected chi connectivity index (χ1v) is 25.9. The summed E-state index contributed by atoms with van der Waals surface area (Å²) in [5, 5.41) is 57.8. The highest BCUT2D eigenvalue weighted by Gasteiger charge is 2.45. The van der Waals surface area contributed by atoms with Crippen LogP contribution in [-0.2, 0) is 59.2 Å². The fourth-order valence-electron chi connectivity index (χ4n) is 8.88. The average Bonchev–Trinajstić information content (AvgIpc) is 4.17. The molecule has 436 valence electrons. The molecule has 0 aliphatic carbocycles. The number of carbonyl (C=O) groups is 11. The van der Waals surface area contributed by atoms with E-state index in [2.05, 4.69) is 52.2 Å². The van der Waals surface area contributed by atoms with Crippen molar-refractivity contribution in [3.8, 4) is 0 Å². The molecule has 2 saturated heterocycles. The quantitative estimate of drug-likeness (QED) is 0.0188. The molecule has 2 aliphatic rings. The zero-order valence-electron chi connectivity index (χ0n) is 44.9. The van der Waals surface area contributed by atoms with Gasteiger partial charge in [-0.1, -0.05) is 27.7 Å². The molecule has 30 heteroatoms. The predicted octanol–water partition coefficient (Wildman–Crippen LogP) is -5.25. The molecule has 0 bridgehead atoms. The van der Waals surface area contributed by atoms with Crippen LogP contribution in [0.3, 0.4) is 0 Å². The van der Waals surface area contributed by atoms with Crippen LogP contribution in [0.25, 0.3) is 0 Å². The smallest absolute Gasteiger partial charge is 0.326 e. The second-order valence-electron chi connectivity index (χ2n) is 20.4. The number of aromatic nitrogens is 2. The number of carboxylic acid groups (broad SMARTS) is 2. The maximum Gasteiger partial charge on any atom is 0.326 e. The minimum atomic E-state index is -1.77. The minimum absolute atomic E-state index is 0.0175. The Morgan fingerprint density at radius 3 is 1.82 bits per heavy atom. The van der Waals surface area contributed by atoms with Gasteiger partial charge in [0.15, 0.2) is 5.96 Å². The molecule has 9 amide bonds. The Kier molecular flexibility index (Phi) is 25.8. The molecule has 30 nitrogen and oxygen atoms in total. The number of aliphatic imine (C=N–C) groups is 1. The molecule has 0 aromatic carbocycles. The maximum atomic E-state index is 14.2. The second-order valence-corrected chi connectivity index (χ2v) is 20.4. The van der Waals surface area contributed by atoms with Crippen LogP contribution >= 0.6 is 0 Å². The summed E-state index contributed by atoms with van der Waals surface area (Å²) in [6.07, 6.45) is -0.171. The summed E-state index contributed by atoms with van der Waals surface area (Å²) in [5.41, 5.74) is 17.2. The summed E-state index contributed by atoms with van der Waals surface area (Å²) < 4.78 is 0. The highest BCUT2D eigenvalue weighted by atomic mass is 16.4. The van der Waals surface area contributed by atoms with E-state index in [1.165, 1.54) is 31.3 Å². The number of nitrogens with zero attached hydrogens (tertiary/aromatic N) is 4. The third-order valence-corrected chi connectivity index (χ3v) is 12.8. The number of nitrogens with two attached hydrogens (primary N) is 3. The molecule has 11 atom stereocenters. The molecule has 1 aromatic rings. The Balaban J connectivity index is 1.70. The Hall–Kier alpha value is -7.47. The lowest BCUT2D eigenvalue weighted by Gasteiger charge is -2.34. The van der Waals surface area contributed by atoms with E-state index in [0.29, 0.717) is 12.1 Å². The van der Waals surface area contributed by atoms with E-state index >= 15 is 0 Å². The highest BCUT2D eigenvalue weighted by molar-refractivity contribution is 5.99. The van der Waals surface area contributed by atoms with E-state index in [1.54, 1.807) is 13.8 Å². The summed E-state index contributed by atoms with van der Waals surface area (Å²) in [7, 11) is 0. The number of likely N-dealkylation sites (tertiary alicyclic amines) is 2. The van der Waals surface area contributed by atoms with Crippen molar-refractivity contribution >= 4 is 71.1 Å². The number of imidazole rings is 1. The molecular formula is C48H79N15O15. The monoisotopic (exact) mass is 1110 g/mol. The number of hydrogen-bond acceptors (Lipinski definition) is 16. The third-order valence-electron chi connectivity index (χ3n) is 12.8. The van der Waals surface area contributed by atoms with Gasteiger partial charge in [0.25, 0.3) is 0 Å². The molecule has 3 heterocycles. The van der Waals surface area contributed by atoms with Gasteiger partial charge in [-0.15, -0.1) is 0 Å². The maximum absolute atomic E-state index is 14.2. The highest BCUT2D eigenvalue weighted by Crippen LogP contribution is 2.26. The number of amides is 9. The number of aliphatic hydroxyl groups excluding tert-OH is 2. The fraction of sp³-hybridized carbons (Fsp3) is 0.688. The van der Waals surface area contributed by atoms with E-state index in [1.807, 2.05) is 13.8 Å². The van der Waals surface area contributed by atoms with E-state index in [4.69, 9.17) is 17.2 Å². The van der Waals surface area contributed by atoms with Crippen LogP contribution in [0.1, 0.15) is 105 Å². The van der Waals surface area contributed by atoms with Gasteiger partial charge in [-0.2, -0.15) is 0 Å². The van der Waals surface area contributed by atoms with Crippen LogP contribution in [0.2, 0.25) is 0 Å². The van der Waals surface area contributed by atoms with Crippen LogP contribution in [0.5, 0.6) is 0 Å². The number of guanidine groups is 1. The number of carbonyl (C=O) groups excluding carboxylic acids is 9. The molecule has 0 unspecified atom stereocenters. The van der Waals surface area contributed by atoms with Crippen molar-refractivity contribution in [1.82, 2.24) is 57.0 Å². The lowest BCUT2D eigenvalue weighted by molar-refractivity contribution is -0.150. The van der Waals surface area contributed by atoms with Gasteiger partial charge >= 0.3 is 11.9 Å². The lowest BCUT2D eigenvalue weighted by Crippen LogP contribution is -2.63. The second kappa shape index (κ2) is 31.1. The molecule has 78 heavy (non-hydrogen) atoms. The summed E-state index contributed by atoms with van der Waals surface area (Å²) in [5.74, 6) is -11.3. The van der Waals surface area contributed by atoms with Gasteiger partial charge in [0.1, 0.15) is 48.3 Å². The first-order valence-electron chi connectivity index (χ1n) is 25.9. The van der Waals surface area contributed by atoms with Gasteiger partial charge in [0, 0.05) is 37.9 Å². The standard InChI is InChI=1S/C48H79N15O15/c1-23(2)16-30(58-39(69)28(49)18-27-20-52-22-55-27)40(70)54-21-35(66)56-31(17-24(3)4)42(72)60-37(25(5)64)44(74)61-38(26(6)65)46(76)63-15-9-12-34(63)45(75)62-14-8-11-33(62)43(73)59-32(19-36(67)68)41(71)57-29(47(77)78)10-7-13-53-48(50)51/h20,22-26,28-34,37-38,64-65H,7-19,21,49H2,1-6H3,(H,52,55)(H,54,70)(H,56,66)(H,57,71)(H,58,69)(H,59,73)(H,60,72)(H,61,74)(H,67,68)(H,77,78)(H4,50,51,53)/t25-,26-,28+,29+,30+,31+,32+,33+,34+,37+,38+/m1/s1. The SMILES string of the molecule is CC(C)C[C@H](NC(=O)CNC(=O)[C@H](CC(C)C)NC(=O)[C@@H](N)Cc1cnc[nH]1)C(=O)N[C@H](C(=O)N[C@H](C(=O)N1CCC[C@H]1C(=O)N1CCC[C@H]1C(=O)N[C@@H](CC(=O)O)C(=O)N[C@@H](CCCN=C(N)N)C(=O)O)[C@@H](C)O)[C@@H](C)O. The summed E-state index contributed by atoms with van der Waals surface area (Å²) in [4.78, 5) is 159. The molecule has 2 aliphatic heterocycles. The van der Waals surface area contributed by atoms with Gasteiger partial charge in [-0.25, -0.2) is 9.78 Å². The lowest BCUT2D eigenvalue weighted by atomic mass is 10.0. The van der Waals surface area contributed by atoms with Crippen LogP contribution < -0.4 is 54.4 Å². The predicted molar refractivity (Wildman–Crippen MR) is 276 cm³/mol. The number of carboxylic acids is 2. The molecule has 1 aromatic heterocycles. The number of hydrogen-bond donors (Lipinski definition) is 15. The topological polar surface area (TPSA) is 478 Å². The van der Waals surface area contributed by atoms with Crippen molar-refractivity contribution in [1.29, 1.82) is 0 Å². The molecular weight excluding hydrogens is 1030 g/mol. The molecule has 2 fully saturated rings. The Labute approximate surface area is 451 Å². The van der Waals surface area contributed by atoms with Gasteiger partial charge in [-0.3, -0.25) is 52.9 Å². The summed E-state index contributed by atoms with van der Waals surface area (Å²) in [6, 6.07) is -12.6. The number of rotatable bonds is 31. The summed E-state index contributed by atoms with van der Waals surface area (Å²) >= 11 is 0. The number of aromatic amines is 1. The largest absolute Gasteiger partial charge is 0.481 e. The fourth-order valence-corrected chi connectivity index (χ4v) is 8.88. The number of H-pyrrole nitrogens is 1. The average molecular weight is 1110 g/mol. The van der Waals surface area contributed by atoms with Gasteiger partial charge in [-0.05, 0) is 77.0 Å². The van der Waals surface area contributed by atoms with Gasteiger partial charge < -0.3 is 89.6 Å².